The molecule has 2 aliphatic rings. The monoisotopic (exact) mass is 682 g/mol. The van der Waals surface area contributed by atoms with Crippen molar-refractivity contribution in [3.63, 3.8) is 0 Å². The van der Waals surface area contributed by atoms with Gasteiger partial charge in [-0.15, -0.1) is 0 Å². The molecule has 3 N–H and O–H groups in total. The number of halogens is 1. The first kappa shape index (κ1) is 35.5. The third-order valence-corrected chi connectivity index (χ3v) is 7.75. The number of aromatic nitrogens is 2. The Balaban J connectivity index is 1.57. The number of fused-ring (bicyclic) bond motifs is 2. The third kappa shape index (κ3) is 8.28. The lowest BCUT2D eigenvalue weighted by Crippen LogP contribution is -2.50. The van der Waals surface area contributed by atoms with Crippen LogP contribution in [0.25, 0.3) is 21.9 Å². The van der Waals surface area contributed by atoms with Crippen molar-refractivity contribution in [2.45, 2.75) is 78.2 Å². The number of rotatable bonds is 5. The molecule has 3 aromatic rings. The quantitative estimate of drug-likeness (QED) is 0.285. The number of pyridine rings is 2. The molecule has 14 nitrogen and oxygen atoms in total. The molecule has 0 aliphatic carbocycles. The number of nitrogens with one attached hydrogen (secondary N) is 3. The van der Waals surface area contributed by atoms with Crippen LogP contribution in [-0.2, 0) is 18.9 Å². The molecule has 1 fully saturated rings. The zero-order chi connectivity index (χ0) is 35.7. The summed E-state index contributed by atoms with van der Waals surface area (Å²) >= 11 is 0. The number of amides is 4. The first-order valence-corrected chi connectivity index (χ1v) is 16.0. The number of hydrogen-bond donors (Lipinski definition) is 3. The second-order valence-corrected chi connectivity index (χ2v) is 13.8. The molecule has 4 amide bonds. The molecule has 0 saturated carbocycles. The van der Waals surface area contributed by atoms with Gasteiger partial charge >= 0.3 is 18.2 Å². The smallest absolute Gasteiger partial charge is 0.415 e. The fourth-order valence-electron chi connectivity index (χ4n) is 5.60. The molecule has 1 aromatic carbocycles. The highest BCUT2D eigenvalue weighted by Gasteiger charge is 2.33. The number of anilines is 3. The fourth-order valence-corrected chi connectivity index (χ4v) is 5.60. The molecule has 0 spiro atoms. The molecule has 15 heteroatoms. The number of hydrogen-bond acceptors (Lipinski definition) is 10. The number of benzene rings is 1. The molecular formula is C34H43FN6O8. The molecule has 2 unspecified atom stereocenters. The maximum Gasteiger partial charge on any atom is 0.415 e. The summed E-state index contributed by atoms with van der Waals surface area (Å²) in [5.74, 6) is -0.403. The minimum Gasteiger partial charge on any atom is -0.474 e. The number of ether oxygens (including phenoxy) is 5. The van der Waals surface area contributed by atoms with Crippen molar-refractivity contribution in [3.8, 4) is 17.0 Å². The van der Waals surface area contributed by atoms with Gasteiger partial charge in [0.15, 0.2) is 5.82 Å². The average molecular weight is 683 g/mol. The van der Waals surface area contributed by atoms with Gasteiger partial charge in [0.25, 0.3) is 0 Å². The van der Waals surface area contributed by atoms with Crippen LogP contribution in [0, 0.1) is 12.7 Å². The Bertz CT molecular complexity index is 1760. The molecule has 0 radical (unpaired) electrons. The van der Waals surface area contributed by atoms with E-state index in [4.69, 9.17) is 23.7 Å². The third-order valence-electron chi connectivity index (χ3n) is 7.75. The molecule has 4 heterocycles. The molecule has 2 aromatic heterocycles. The van der Waals surface area contributed by atoms with Crippen molar-refractivity contribution < 1.29 is 42.5 Å². The predicted molar refractivity (Wildman–Crippen MR) is 181 cm³/mol. The molecule has 1 saturated heterocycles. The number of carbonyl (C=O) groups excluding carboxylic acids is 3. The summed E-state index contributed by atoms with van der Waals surface area (Å²) in [7, 11) is 1.55. The van der Waals surface area contributed by atoms with Gasteiger partial charge in [-0.25, -0.2) is 28.7 Å². The van der Waals surface area contributed by atoms with Gasteiger partial charge < -0.3 is 29.0 Å². The van der Waals surface area contributed by atoms with E-state index in [9.17, 15) is 14.4 Å². The van der Waals surface area contributed by atoms with Crippen LogP contribution in [0.3, 0.4) is 0 Å². The maximum atomic E-state index is 16.6. The van der Waals surface area contributed by atoms with Crippen LogP contribution in [0.15, 0.2) is 24.5 Å². The Kier molecular flexibility index (Phi) is 10.2. The summed E-state index contributed by atoms with van der Waals surface area (Å²) in [5, 5.41) is 8.86. The second-order valence-electron chi connectivity index (χ2n) is 13.8. The lowest BCUT2D eigenvalue weighted by Gasteiger charge is -2.32. The lowest BCUT2D eigenvalue weighted by molar-refractivity contribution is -0.0466. The summed E-state index contributed by atoms with van der Waals surface area (Å²) < 4.78 is 44.3. The van der Waals surface area contributed by atoms with Gasteiger partial charge in [-0.05, 0) is 78.0 Å². The molecule has 49 heavy (non-hydrogen) atoms. The molecular weight excluding hydrogens is 639 g/mol. The molecule has 5 rings (SSSR count). The van der Waals surface area contributed by atoms with Crippen LogP contribution in [0.1, 0.15) is 53.5 Å². The van der Waals surface area contributed by atoms with Gasteiger partial charge in [0.2, 0.25) is 5.88 Å². The normalized spacial score (nSPS) is 17.9. The van der Waals surface area contributed by atoms with E-state index in [1.165, 1.54) is 17.3 Å². The van der Waals surface area contributed by atoms with E-state index in [0.717, 1.165) is 0 Å². The highest BCUT2D eigenvalue weighted by molar-refractivity contribution is 6.05. The first-order chi connectivity index (χ1) is 23.0. The summed E-state index contributed by atoms with van der Waals surface area (Å²) in [6, 6.07) is 2.35. The largest absolute Gasteiger partial charge is 0.474 e. The number of methoxy groups -OCH3 is 1. The van der Waals surface area contributed by atoms with E-state index >= 15 is 4.39 Å². The van der Waals surface area contributed by atoms with Gasteiger partial charge in [0.05, 0.1) is 24.9 Å². The van der Waals surface area contributed by atoms with E-state index in [-0.39, 0.29) is 53.6 Å². The first-order valence-electron chi connectivity index (χ1n) is 16.0. The zero-order valence-electron chi connectivity index (χ0n) is 29.0. The predicted octanol–water partition coefficient (Wildman–Crippen LogP) is 6.15. The Morgan fingerprint density at radius 1 is 0.980 bits per heavy atom. The van der Waals surface area contributed by atoms with Crippen LogP contribution in [0.5, 0.6) is 5.88 Å². The molecule has 0 bridgehead atoms. The summed E-state index contributed by atoms with van der Waals surface area (Å²) in [6.45, 7) is 13.3. The summed E-state index contributed by atoms with van der Waals surface area (Å²) in [5.41, 5.74) is -0.566. The fraction of sp³-hybridized carbons (Fsp3) is 0.500. The van der Waals surface area contributed by atoms with Crippen molar-refractivity contribution >= 4 is 46.2 Å². The van der Waals surface area contributed by atoms with Crippen LogP contribution < -0.4 is 25.6 Å². The van der Waals surface area contributed by atoms with Crippen LogP contribution in [0.2, 0.25) is 0 Å². The topological polar surface area (TPSA) is 162 Å². The molecule has 2 aliphatic heterocycles. The lowest BCUT2D eigenvalue weighted by atomic mass is 9.96. The van der Waals surface area contributed by atoms with E-state index in [1.54, 1.807) is 67.7 Å². The van der Waals surface area contributed by atoms with E-state index in [0.29, 0.717) is 41.8 Å². The Labute approximate surface area is 284 Å². The van der Waals surface area contributed by atoms with Crippen molar-refractivity contribution in [3.05, 3.63) is 35.9 Å². The zero-order valence-corrected chi connectivity index (χ0v) is 29.0. The van der Waals surface area contributed by atoms with Crippen molar-refractivity contribution in [1.82, 2.24) is 15.3 Å². The minimum absolute atomic E-state index is 0.0628. The van der Waals surface area contributed by atoms with Crippen LogP contribution in [0.4, 0.5) is 36.0 Å². The standard InChI is InChI=1S/C34H43FN6O8/c1-18-21(15-37-29-28(18)41(10-12-47-29)32(44)49-34(5,6)7)20-13-19-14-25(39-30(42)38-23-9-11-46-17-24(23)45-8)36-16-22(19)27(26(20)35)40-31(43)48-33(2,3)4/h13-16,23-24H,9-12,17H2,1-8H3,(H,40,43)(H2,36,38,39,42). The molecule has 264 valence electrons. The highest BCUT2D eigenvalue weighted by atomic mass is 19.1. The Hall–Kier alpha value is -4.76. The Morgan fingerprint density at radius 3 is 2.41 bits per heavy atom. The van der Waals surface area contributed by atoms with E-state index in [1.807, 2.05) is 0 Å². The maximum absolute atomic E-state index is 16.6. The minimum atomic E-state index is -0.875. The SMILES string of the molecule is COC1COCCC1NC(=O)Nc1cc2cc(-c3cnc4c(c3C)N(C(=O)OC(C)(C)C)CCO4)c(F)c(NC(=O)OC(C)(C)C)c2cn1. The van der Waals surface area contributed by atoms with Crippen molar-refractivity contribution in [1.29, 1.82) is 0 Å². The van der Waals surface area contributed by atoms with Gasteiger partial charge in [0.1, 0.15) is 35.4 Å². The molecule has 2 atom stereocenters. The van der Waals surface area contributed by atoms with Gasteiger partial charge in [-0.1, -0.05) is 0 Å². The van der Waals surface area contributed by atoms with E-state index in [2.05, 4.69) is 25.9 Å². The van der Waals surface area contributed by atoms with Crippen LogP contribution in [-0.4, -0.2) is 85.0 Å². The Morgan fingerprint density at radius 2 is 1.71 bits per heavy atom. The summed E-state index contributed by atoms with van der Waals surface area (Å²) in [6.07, 6.45) is 1.60. The number of urea groups is 1. The van der Waals surface area contributed by atoms with Crippen molar-refractivity contribution in [2.75, 3.05) is 49.0 Å². The van der Waals surface area contributed by atoms with Crippen LogP contribution >= 0.6 is 0 Å². The number of carbonyl (C=O) groups is 3. The van der Waals surface area contributed by atoms with Gasteiger partial charge in [0, 0.05) is 42.6 Å². The van der Waals surface area contributed by atoms with E-state index < -0.39 is 35.2 Å². The highest BCUT2D eigenvalue weighted by Crippen LogP contribution is 2.42. The van der Waals surface area contributed by atoms with Gasteiger partial charge in [-0.3, -0.25) is 15.5 Å². The number of nitrogens with zero attached hydrogens (tertiary/aromatic N) is 3. The van der Waals surface area contributed by atoms with Gasteiger partial charge in [-0.2, -0.15) is 0 Å². The average Bonchev–Trinajstić information content (AvgIpc) is 3.01. The summed E-state index contributed by atoms with van der Waals surface area (Å²) in [4.78, 5) is 49.3. The second kappa shape index (κ2) is 14.0. The van der Waals surface area contributed by atoms with Crippen molar-refractivity contribution in [2.24, 2.45) is 0 Å².